The van der Waals surface area contributed by atoms with Gasteiger partial charge in [-0.15, -0.1) is 0 Å². The van der Waals surface area contributed by atoms with Gasteiger partial charge in [0.2, 0.25) is 5.91 Å². The van der Waals surface area contributed by atoms with Gasteiger partial charge in [-0.1, -0.05) is 15.9 Å². The van der Waals surface area contributed by atoms with E-state index in [4.69, 9.17) is 0 Å². The van der Waals surface area contributed by atoms with Gasteiger partial charge in [-0.25, -0.2) is 4.39 Å². The molecule has 1 amide bonds. The zero-order valence-electron chi connectivity index (χ0n) is 8.42. The summed E-state index contributed by atoms with van der Waals surface area (Å²) in [5, 5.41) is 3.30. The van der Waals surface area contributed by atoms with Gasteiger partial charge in [-0.05, 0) is 19.1 Å². The van der Waals surface area contributed by atoms with Crippen LogP contribution in [0.4, 0.5) is 10.1 Å². The van der Waals surface area contributed by atoms with E-state index in [9.17, 15) is 9.18 Å². The van der Waals surface area contributed by atoms with Crippen molar-refractivity contribution in [3.05, 3.63) is 28.6 Å². The molecule has 0 fully saturated rings. The normalized spacial score (nSPS) is 18.9. The fourth-order valence-electron chi connectivity index (χ4n) is 2.08. The predicted molar refractivity (Wildman–Crippen MR) is 62.9 cm³/mol. The molecule has 1 aliphatic rings. The Bertz CT molecular complexity index is 620. The maximum Gasteiger partial charge on any atom is 0.247 e. The molecule has 82 valence electrons. The fraction of sp³-hybridized carbons (Fsp3) is 0.182. The van der Waals surface area contributed by atoms with Crippen molar-refractivity contribution >= 4 is 38.4 Å². The van der Waals surface area contributed by atoms with Crippen LogP contribution in [0.3, 0.4) is 0 Å². The largest absolute Gasteiger partial charge is 0.331 e. The average molecular weight is 283 g/mol. The molecule has 16 heavy (non-hydrogen) atoms. The second-order valence-corrected chi connectivity index (χ2v) is 4.81. The van der Waals surface area contributed by atoms with Crippen molar-refractivity contribution in [3.63, 3.8) is 0 Å². The predicted octanol–water partition coefficient (Wildman–Crippen LogP) is 3.06. The van der Waals surface area contributed by atoms with E-state index in [1.165, 1.54) is 6.20 Å². The second kappa shape index (κ2) is 3.07. The van der Waals surface area contributed by atoms with E-state index in [0.29, 0.717) is 11.1 Å². The van der Waals surface area contributed by atoms with Gasteiger partial charge in [0.05, 0.1) is 11.2 Å². The fourth-order valence-corrected chi connectivity index (χ4v) is 2.54. The Kier molecular flexibility index (Phi) is 1.89. The van der Waals surface area contributed by atoms with Gasteiger partial charge in [-0.3, -0.25) is 4.79 Å². The highest BCUT2D eigenvalue weighted by Crippen LogP contribution is 2.36. The Labute approximate surface area is 99.4 Å². The highest BCUT2D eigenvalue weighted by atomic mass is 79.9. The van der Waals surface area contributed by atoms with Crippen molar-refractivity contribution in [3.8, 4) is 0 Å². The Hall–Kier alpha value is -1.36. The Morgan fingerprint density at radius 1 is 1.50 bits per heavy atom. The number of nitrogens with zero attached hydrogens (tertiary/aromatic N) is 1. The highest BCUT2D eigenvalue weighted by Gasteiger charge is 2.26. The van der Waals surface area contributed by atoms with Crippen LogP contribution < -0.4 is 5.32 Å². The molecule has 5 heteroatoms. The van der Waals surface area contributed by atoms with Crippen LogP contribution in [-0.2, 0) is 4.79 Å². The molecule has 2 aromatic rings. The minimum Gasteiger partial charge on any atom is -0.331 e. The maximum absolute atomic E-state index is 13.7. The number of aromatic nitrogens is 1. The van der Waals surface area contributed by atoms with Gasteiger partial charge in [0.1, 0.15) is 11.9 Å². The molecule has 0 bridgehead atoms. The Morgan fingerprint density at radius 3 is 3.00 bits per heavy atom. The maximum atomic E-state index is 13.7. The summed E-state index contributed by atoms with van der Waals surface area (Å²) in [7, 11) is 0. The molecular formula is C11H8BrFN2O. The smallest absolute Gasteiger partial charge is 0.247 e. The molecule has 3 rings (SSSR count). The molecule has 1 N–H and O–H groups in total. The van der Waals surface area contributed by atoms with Crippen molar-refractivity contribution < 1.29 is 9.18 Å². The molecule has 3 nitrogen and oxygen atoms in total. The van der Waals surface area contributed by atoms with Crippen LogP contribution in [0.2, 0.25) is 0 Å². The Morgan fingerprint density at radius 2 is 2.25 bits per heavy atom. The van der Waals surface area contributed by atoms with E-state index >= 15 is 0 Å². The standard InChI is InChI=1S/C11H8BrFN2O/c1-5-11(16)14-9-3-6(12)2-7-8(13)4-15(5)10(7)9/h2-5H,1H3,(H,14,16). The van der Waals surface area contributed by atoms with Gasteiger partial charge in [0, 0.05) is 16.1 Å². The summed E-state index contributed by atoms with van der Waals surface area (Å²) in [5.74, 6) is -0.427. The lowest BCUT2D eigenvalue weighted by Gasteiger charge is -2.22. The van der Waals surface area contributed by atoms with Crippen molar-refractivity contribution in [2.24, 2.45) is 0 Å². The quantitative estimate of drug-likeness (QED) is 0.792. The zero-order valence-corrected chi connectivity index (χ0v) is 10.0. The first-order valence-corrected chi connectivity index (χ1v) is 5.67. The van der Waals surface area contributed by atoms with E-state index < -0.39 is 0 Å². The molecule has 2 heterocycles. The summed E-state index contributed by atoms with van der Waals surface area (Å²) < 4.78 is 16.1. The van der Waals surface area contributed by atoms with Gasteiger partial charge in [0.25, 0.3) is 0 Å². The first kappa shape index (κ1) is 9.84. The number of rotatable bonds is 0. The van der Waals surface area contributed by atoms with Gasteiger partial charge in [0.15, 0.2) is 0 Å². The molecule has 1 unspecified atom stereocenters. The number of hydrogen-bond acceptors (Lipinski definition) is 1. The first-order valence-electron chi connectivity index (χ1n) is 4.88. The highest BCUT2D eigenvalue weighted by molar-refractivity contribution is 9.10. The van der Waals surface area contributed by atoms with Crippen molar-refractivity contribution in [2.45, 2.75) is 13.0 Å². The summed E-state index contributed by atoms with van der Waals surface area (Å²) in [6, 6.07) is 3.12. The number of benzene rings is 1. The topological polar surface area (TPSA) is 34.0 Å². The van der Waals surface area contributed by atoms with Crippen molar-refractivity contribution in [2.75, 3.05) is 5.32 Å². The third kappa shape index (κ3) is 1.15. The summed E-state index contributed by atoms with van der Waals surface area (Å²) in [4.78, 5) is 11.6. The van der Waals surface area contributed by atoms with E-state index in [2.05, 4.69) is 21.2 Å². The van der Waals surface area contributed by atoms with Crippen molar-refractivity contribution in [1.82, 2.24) is 4.57 Å². The summed E-state index contributed by atoms with van der Waals surface area (Å²) in [6.45, 7) is 1.75. The lowest BCUT2D eigenvalue weighted by molar-refractivity contribution is -0.118. The molecule has 0 spiro atoms. The van der Waals surface area contributed by atoms with Gasteiger partial charge in [-0.2, -0.15) is 0 Å². The minimum atomic E-state index is -0.374. The Balaban J connectivity index is 2.47. The number of carbonyl (C=O) groups is 1. The molecule has 1 aromatic carbocycles. The summed E-state index contributed by atoms with van der Waals surface area (Å²) >= 11 is 3.30. The molecule has 1 atom stereocenters. The number of amides is 1. The van der Waals surface area contributed by atoms with E-state index in [1.54, 1.807) is 23.6 Å². The molecule has 0 aliphatic carbocycles. The summed E-state index contributed by atoms with van der Waals surface area (Å²) in [5.41, 5.74) is 1.39. The summed E-state index contributed by atoms with van der Waals surface area (Å²) in [6.07, 6.45) is 1.38. The third-order valence-electron chi connectivity index (χ3n) is 2.90. The van der Waals surface area contributed by atoms with Crippen LogP contribution in [0.1, 0.15) is 13.0 Å². The van der Waals surface area contributed by atoms with E-state index in [-0.39, 0.29) is 17.8 Å². The zero-order chi connectivity index (χ0) is 11.4. The van der Waals surface area contributed by atoms with Crippen LogP contribution >= 0.6 is 15.9 Å². The molecular weight excluding hydrogens is 275 g/mol. The monoisotopic (exact) mass is 282 g/mol. The molecule has 0 saturated heterocycles. The van der Waals surface area contributed by atoms with Crippen LogP contribution in [0.25, 0.3) is 10.9 Å². The molecule has 0 saturated carbocycles. The molecule has 1 aliphatic heterocycles. The first-order chi connectivity index (χ1) is 7.58. The molecule has 0 radical (unpaired) electrons. The minimum absolute atomic E-state index is 0.123. The number of halogens is 2. The van der Waals surface area contributed by atoms with E-state index in [0.717, 1.165) is 9.99 Å². The number of nitrogens with one attached hydrogen (secondary N) is 1. The van der Waals surface area contributed by atoms with Gasteiger partial charge >= 0.3 is 0 Å². The SMILES string of the molecule is CC1C(=O)Nc2cc(Br)cc3c(F)cn1c23. The van der Waals surface area contributed by atoms with Gasteiger partial charge < -0.3 is 9.88 Å². The number of hydrogen-bond donors (Lipinski definition) is 1. The van der Waals surface area contributed by atoms with Crippen LogP contribution in [-0.4, -0.2) is 10.5 Å². The van der Waals surface area contributed by atoms with Crippen molar-refractivity contribution in [1.29, 1.82) is 0 Å². The lowest BCUT2D eigenvalue weighted by Crippen LogP contribution is -2.27. The number of anilines is 1. The van der Waals surface area contributed by atoms with Crippen LogP contribution in [0.5, 0.6) is 0 Å². The number of carbonyl (C=O) groups excluding carboxylic acids is 1. The van der Waals surface area contributed by atoms with Crippen LogP contribution in [0.15, 0.2) is 22.8 Å². The van der Waals surface area contributed by atoms with Crippen LogP contribution in [0, 0.1) is 5.82 Å². The third-order valence-corrected chi connectivity index (χ3v) is 3.36. The lowest BCUT2D eigenvalue weighted by atomic mass is 10.1. The molecule has 1 aromatic heterocycles. The average Bonchev–Trinajstić information content (AvgIpc) is 2.54. The second-order valence-electron chi connectivity index (χ2n) is 3.90. The van der Waals surface area contributed by atoms with E-state index in [1.807, 2.05) is 0 Å².